The Balaban J connectivity index is 3.55. The van der Waals surface area contributed by atoms with E-state index in [-0.39, 0.29) is 5.54 Å². The Labute approximate surface area is 63.8 Å². The minimum Gasteiger partial charge on any atom is -0.308 e. The molecule has 0 aromatic rings. The van der Waals surface area contributed by atoms with Gasteiger partial charge in [0.1, 0.15) is 0 Å². The molecule has 0 aliphatic heterocycles. The van der Waals surface area contributed by atoms with Gasteiger partial charge in [-0.2, -0.15) is 0 Å². The zero-order chi connectivity index (χ0) is 8.20. The lowest BCUT2D eigenvalue weighted by Gasteiger charge is -2.20. The van der Waals surface area contributed by atoms with E-state index >= 15 is 0 Å². The van der Waals surface area contributed by atoms with Gasteiger partial charge in [0, 0.05) is 12.1 Å². The molecule has 58 valence electrons. The Morgan fingerprint density at radius 1 is 1.50 bits per heavy atom. The Bertz CT molecular complexity index is 128. The highest BCUT2D eigenvalue weighted by molar-refractivity contribution is 5.12. The van der Waals surface area contributed by atoms with Crippen LogP contribution in [0.1, 0.15) is 20.8 Å². The average Bonchev–Trinajstić information content (AvgIpc) is 1.81. The number of rotatable bonds is 3. The highest BCUT2D eigenvalue weighted by atomic mass is 14.9. The summed E-state index contributed by atoms with van der Waals surface area (Å²) in [5.41, 5.74) is 1.21. The van der Waals surface area contributed by atoms with Crippen molar-refractivity contribution in [3.63, 3.8) is 0 Å². The van der Waals surface area contributed by atoms with Gasteiger partial charge in [-0.05, 0) is 26.3 Å². The van der Waals surface area contributed by atoms with Gasteiger partial charge in [-0.1, -0.05) is 19.2 Å². The number of hydrogen-bond donors (Lipinski definition) is 1. The van der Waals surface area contributed by atoms with E-state index in [9.17, 15) is 0 Å². The summed E-state index contributed by atoms with van der Waals surface area (Å²) in [6.45, 7) is 14.6. The maximum Gasteiger partial charge on any atom is 0.0204 e. The normalized spacial score (nSPS) is 11.1. The fraction of sp³-hybridized carbons (Fsp3) is 0.556. The van der Waals surface area contributed by atoms with Crippen LogP contribution >= 0.6 is 0 Å². The van der Waals surface area contributed by atoms with E-state index in [1.807, 2.05) is 0 Å². The summed E-state index contributed by atoms with van der Waals surface area (Å²) in [4.78, 5) is 0. The summed E-state index contributed by atoms with van der Waals surface area (Å²) in [5.74, 6) is 0. The van der Waals surface area contributed by atoms with Crippen LogP contribution < -0.4 is 5.32 Å². The zero-order valence-corrected chi connectivity index (χ0v) is 7.20. The summed E-state index contributed by atoms with van der Waals surface area (Å²) in [6, 6.07) is 0. The Kier molecular flexibility index (Phi) is 3.37. The third kappa shape index (κ3) is 5.57. The largest absolute Gasteiger partial charge is 0.308 e. The van der Waals surface area contributed by atoms with Crippen LogP contribution in [-0.4, -0.2) is 12.1 Å². The zero-order valence-electron chi connectivity index (χ0n) is 7.20. The van der Waals surface area contributed by atoms with Gasteiger partial charge in [-0.25, -0.2) is 0 Å². The van der Waals surface area contributed by atoms with Crippen LogP contribution in [0.4, 0.5) is 0 Å². The van der Waals surface area contributed by atoms with Gasteiger partial charge >= 0.3 is 0 Å². The quantitative estimate of drug-likeness (QED) is 0.590. The van der Waals surface area contributed by atoms with Gasteiger partial charge in [0.05, 0.1) is 0 Å². The van der Waals surface area contributed by atoms with Crippen LogP contribution in [0.3, 0.4) is 0 Å². The van der Waals surface area contributed by atoms with E-state index in [2.05, 4.69) is 39.2 Å². The first-order valence-electron chi connectivity index (χ1n) is 3.51. The predicted molar refractivity (Wildman–Crippen MR) is 47.1 cm³/mol. The first kappa shape index (κ1) is 9.44. The highest BCUT2D eigenvalue weighted by Gasteiger charge is 2.06. The number of hydrogen-bond acceptors (Lipinski definition) is 1. The minimum absolute atomic E-state index is 0.173. The molecule has 0 bridgehead atoms. The summed E-state index contributed by atoms with van der Waals surface area (Å²) in [6.07, 6.45) is 1.78. The smallest absolute Gasteiger partial charge is 0.0204 e. The van der Waals surface area contributed by atoms with Crippen molar-refractivity contribution >= 4 is 0 Å². The predicted octanol–water partition coefficient (Wildman–Crippen LogP) is 2.12. The maximum absolute atomic E-state index is 3.80. The molecule has 0 heterocycles. The van der Waals surface area contributed by atoms with Crippen LogP contribution in [0.2, 0.25) is 0 Å². The van der Waals surface area contributed by atoms with Crippen molar-refractivity contribution in [2.45, 2.75) is 26.3 Å². The molecule has 0 fully saturated rings. The maximum atomic E-state index is 3.80. The third-order valence-corrected chi connectivity index (χ3v) is 1.13. The standard InChI is InChI=1S/C9H17N/c1-6-8(2)7-10-9(3,4)5/h6,10H,1-2,7H2,3-5H3. The Morgan fingerprint density at radius 2 is 2.00 bits per heavy atom. The highest BCUT2D eigenvalue weighted by Crippen LogP contribution is 1.99. The first-order valence-corrected chi connectivity index (χ1v) is 3.51. The van der Waals surface area contributed by atoms with Crippen molar-refractivity contribution in [3.05, 3.63) is 24.8 Å². The molecule has 0 spiro atoms. The molecule has 0 aromatic heterocycles. The molecule has 1 N–H and O–H groups in total. The van der Waals surface area contributed by atoms with Crippen molar-refractivity contribution in [2.75, 3.05) is 6.54 Å². The second kappa shape index (κ2) is 3.57. The van der Waals surface area contributed by atoms with Gasteiger partial charge in [-0.3, -0.25) is 0 Å². The molecule has 1 nitrogen and oxygen atoms in total. The molecule has 0 saturated carbocycles. The fourth-order valence-corrected chi connectivity index (χ4v) is 0.451. The lowest BCUT2D eigenvalue weighted by Crippen LogP contribution is -2.36. The molecule has 0 unspecified atom stereocenters. The van der Waals surface area contributed by atoms with E-state index < -0.39 is 0 Å². The monoisotopic (exact) mass is 139 g/mol. The van der Waals surface area contributed by atoms with Gasteiger partial charge in [0.2, 0.25) is 0 Å². The summed E-state index contributed by atoms with van der Waals surface area (Å²) in [5, 5.41) is 3.30. The van der Waals surface area contributed by atoms with Crippen LogP contribution in [0.15, 0.2) is 24.8 Å². The van der Waals surface area contributed by atoms with Crippen molar-refractivity contribution in [3.8, 4) is 0 Å². The van der Waals surface area contributed by atoms with Crippen LogP contribution in [0.5, 0.6) is 0 Å². The van der Waals surface area contributed by atoms with Crippen molar-refractivity contribution < 1.29 is 0 Å². The van der Waals surface area contributed by atoms with Crippen LogP contribution in [-0.2, 0) is 0 Å². The SMILES string of the molecule is C=CC(=C)CNC(C)(C)C. The molecule has 0 aliphatic carbocycles. The van der Waals surface area contributed by atoms with E-state index in [4.69, 9.17) is 0 Å². The van der Waals surface area contributed by atoms with Crippen molar-refractivity contribution in [1.29, 1.82) is 0 Å². The average molecular weight is 139 g/mol. The molecular formula is C9H17N. The van der Waals surface area contributed by atoms with Gasteiger partial charge in [-0.15, -0.1) is 0 Å². The van der Waals surface area contributed by atoms with Crippen LogP contribution in [0.25, 0.3) is 0 Å². The lowest BCUT2D eigenvalue weighted by molar-refractivity contribution is 0.446. The van der Waals surface area contributed by atoms with Gasteiger partial charge < -0.3 is 5.32 Å². The second-order valence-electron chi connectivity index (χ2n) is 3.47. The molecule has 1 heteroatoms. The molecular weight excluding hydrogens is 122 g/mol. The molecule has 0 aromatic carbocycles. The first-order chi connectivity index (χ1) is 4.45. The van der Waals surface area contributed by atoms with E-state index in [1.165, 1.54) is 0 Å². The molecule has 0 atom stereocenters. The molecule has 0 amide bonds. The fourth-order valence-electron chi connectivity index (χ4n) is 0.451. The molecule has 0 radical (unpaired) electrons. The van der Waals surface area contributed by atoms with Gasteiger partial charge in [0.15, 0.2) is 0 Å². The minimum atomic E-state index is 0.173. The van der Waals surface area contributed by atoms with Crippen LogP contribution in [0, 0.1) is 0 Å². The molecule has 0 rings (SSSR count). The molecule has 0 saturated heterocycles. The van der Waals surface area contributed by atoms with E-state index in [0.717, 1.165) is 12.1 Å². The summed E-state index contributed by atoms with van der Waals surface area (Å²) in [7, 11) is 0. The van der Waals surface area contributed by atoms with E-state index in [0.29, 0.717) is 0 Å². The summed E-state index contributed by atoms with van der Waals surface area (Å²) >= 11 is 0. The Morgan fingerprint density at radius 3 is 2.30 bits per heavy atom. The van der Waals surface area contributed by atoms with Gasteiger partial charge in [0.25, 0.3) is 0 Å². The number of nitrogens with one attached hydrogen (secondary N) is 1. The Hall–Kier alpha value is -0.560. The third-order valence-electron chi connectivity index (χ3n) is 1.13. The molecule has 10 heavy (non-hydrogen) atoms. The molecule has 0 aliphatic rings. The lowest BCUT2D eigenvalue weighted by atomic mass is 10.1. The second-order valence-corrected chi connectivity index (χ2v) is 3.47. The summed E-state index contributed by atoms with van der Waals surface area (Å²) < 4.78 is 0. The van der Waals surface area contributed by atoms with E-state index in [1.54, 1.807) is 6.08 Å². The van der Waals surface area contributed by atoms with Crippen molar-refractivity contribution in [2.24, 2.45) is 0 Å². The van der Waals surface area contributed by atoms with Crippen molar-refractivity contribution in [1.82, 2.24) is 5.32 Å². The topological polar surface area (TPSA) is 12.0 Å².